The maximum Gasteiger partial charge on any atom is 0.318 e. The number of nitrogens with zero attached hydrogens (tertiary/aromatic N) is 4. The summed E-state index contributed by atoms with van der Waals surface area (Å²) >= 11 is 0. The summed E-state index contributed by atoms with van der Waals surface area (Å²) in [6.45, 7) is 3.65. The standard InChI is InChI=1S/C18H25N5O2/c1-13-20-21-17-14(7-5-11-22(13)17)19-18(24)23-10-4-2-3-8-15(23)16-9-6-12-25-16/h6,9,12,14-15H,2-5,7-8,10-11H2,1H3,(H,19,24)/t14-,15+/m1/s1. The first-order valence-electron chi connectivity index (χ1n) is 9.24. The van der Waals surface area contributed by atoms with Gasteiger partial charge < -0.3 is 19.2 Å². The second kappa shape index (κ2) is 6.90. The predicted octanol–water partition coefficient (Wildman–Crippen LogP) is 3.34. The lowest BCUT2D eigenvalue weighted by Crippen LogP contribution is -2.44. The normalized spacial score (nSPS) is 23.8. The Morgan fingerprint density at radius 3 is 2.96 bits per heavy atom. The third-order valence-electron chi connectivity index (χ3n) is 5.33. The number of furan rings is 1. The number of hydrogen-bond donors (Lipinski definition) is 1. The van der Waals surface area contributed by atoms with Crippen LogP contribution in [-0.2, 0) is 6.54 Å². The summed E-state index contributed by atoms with van der Waals surface area (Å²) in [5.41, 5.74) is 0. The van der Waals surface area contributed by atoms with Crippen molar-refractivity contribution in [3.63, 3.8) is 0 Å². The van der Waals surface area contributed by atoms with Gasteiger partial charge in [-0.3, -0.25) is 0 Å². The van der Waals surface area contributed by atoms with E-state index in [2.05, 4.69) is 20.1 Å². The third-order valence-corrected chi connectivity index (χ3v) is 5.33. The number of fused-ring (bicyclic) bond motifs is 1. The Balaban J connectivity index is 1.53. The van der Waals surface area contributed by atoms with E-state index in [9.17, 15) is 4.79 Å². The second-order valence-corrected chi connectivity index (χ2v) is 6.98. The summed E-state index contributed by atoms with van der Waals surface area (Å²) in [4.78, 5) is 15.0. The Morgan fingerprint density at radius 2 is 2.12 bits per heavy atom. The van der Waals surface area contributed by atoms with E-state index in [0.29, 0.717) is 0 Å². The Bertz CT molecular complexity index is 724. The minimum Gasteiger partial charge on any atom is -0.467 e. The van der Waals surface area contributed by atoms with Gasteiger partial charge in [-0.2, -0.15) is 0 Å². The quantitative estimate of drug-likeness (QED) is 0.907. The van der Waals surface area contributed by atoms with Crippen LogP contribution in [0.5, 0.6) is 0 Å². The van der Waals surface area contributed by atoms with Crippen LogP contribution in [0.3, 0.4) is 0 Å². The van der Waals surface area contributed by atoms with Crippen molar-refractivity contribution in [1.82, 2.24) is 25.0 Å². The van der Waals surface area contributed by atoms with Crippen LogP contribution < -0.4 is 5.32 Å². The number of nitrogens with one attached hydrogen (secondary N) is 1. The van der Waals surface area contributed by atoms with E-state index in [4.69, 9.17) is 4.42 Å². The van der Waals surface area contributed by atoms with Crippen molar-refractivity contribution in [3.05, 3.63) is 35.8 Å². The molecular weight excluding hydrogens is 318 g/mol. The van der Waals surface area contributed by atoms with Gasteiger partial charge in [-0.1, -0.05) is 12.8 Å². The van der Waals surface area contributed by atoms with Gasteiger partial charge in [-0.05, 0) is 44.7 Å². The van der Waals surface area contributed by atoms with Gasteiger partial charge in [0.05, 0.1) is 18.3 Å². The zero-order valence-corrected chi connectivity index (χ0v) is 14.6. The number of amides is 2. The first kappa shape index (κ1) is 16.2. The van der Waals surface area contributed by atoms with Gasteiger partial charge in [-0.15, -0.1) is 10.2 Å². The predicted molar refractivity (Wildman–Crippen MR) is 91.9 cm³/mol. The number of urea groups is 1. The molecule has 0 saturated carbocycles. The van der Waals surface area contributed by atoms with E-state index in [1.165, 1.54) is 0 Å². The van der Waals surface area contributed by atoms with E-state index in [1.807, 2.05) is 24.0 Å². The molecule has 0 radical (unpaired) electrons. The highest BCUT2D eigenvalue weighted by molar-refractivity contribution is 5.75. The Kier molecular flexibility index (Phi) is 4.46. The van der Waals surface area contributed by atoms with Gasteiger partial charge in [0, 0.05) is 13.1 Å². The van der Waals surface area contributed by atoms with Crippen LogP contribution in [0.15, 0.2) is 22.8 Å². The van der Waals surface area contributed by atoms with Crippen LogP contribution in [0.4, 0.5) is 4.79 Å². The highest BCUT2D eigenvalue weighted by atomic mass is 16.3. The Morgan fingerprint density at radius 1 is 1.20 bits per heavy atom. The lowest BCUT2D eigenvalue weighted by molar-refractivity contribution is 0.160. The molecular formula is C18H25N5O2. The zero-order valence-electron chi connectivity index (χ0n) is 14.6. The van der Waals surface area contributed by atoms with Gasteiger partial charge in [-0.25, -0.2) is 4.79 Å². The van der Waals surface area contributed by atoms with Crippen LogP contribution in [0.1, 0.15) is 68.0 Å². The molecule has 134 valence electrons. The van der Waals surface area contributed by atoms with Crippen molar-refractivity contribution in [2.75, 3.05) is 6.54 Å². The van der Waals surface area contributed by atoms with E-state index in [0.717, 1.165) is 69.0 Å². The summed E-state index contributed by atoms with van der Waals surface area (Å²) in [7, 11) is 0. The molecule has 0 unspecified atom stereocenters. The highest BCUT2D eigenvalue weighted by Gasteiger charge is 2.32. The maximum absolute atomic E-state index is 13.1. The number of carbonyl (C=O) groups is 1. The number of carbonyl (C=O) groups excluding carboxylic acids is 1. The summed E-state index contributed by atoms with van der Waals surface area (Å²) in [5, 5.41) is 11.7. The lowest BCUT2D eigenvalue weighted by atomic mass is 10.1. The molecule has 2 aromatic rings. The van der Waals surface area contributed by atoms with E-state index < -0.39 is 0 Å². The minimum absolute atomic E-state index is 0.0145. The average Bonchev–Trinajstić information content (AvgIpc) is 3.20. The van der Waals surface area contributed by atoms with Gasteiger partial charge in [0.25, 0.3) is 0 Å². The third kappa shape index (κ3) is 3.15. The van der Waals surface area contributed by atoms with Gasteiger partial charge in [0.2, 0.25) is 0 Å². The molecule has 2 aliphatic rings. The zero-order chi connectivity index (χ0) is 17.2. The van der Waals surface area contributed by atoms with Crippen LogP contribution in [0.25, 0.3) is 0 Å². The topological polar surface area (TPSA) is 76.2 Å². The first-order valence-corrected chi connectivity index (χ1v) is 9.24. The number of aryl methyl sites for hydroxylation is 1. The van der Waals surface area contributed by atoms with Crippen LogP contribution >= 0.6 is 0 Å². The molecule has 0 spiro atoms. The molecule has 4 heterocycles. The molecule has 2 aliphatic heterocycles. The van der Waals surface area contributed by atoms with E-state index >= 15 is 0 Å². The molecule has 0 aromatic carbocycles. The number of likely N-dealkylation sites (tertiary alicyclic amines) is 1. The molecule has 2 aromatic heterocycles. The van der Waals surface area contributed by atoms with Crippen molar-refractivity contribution in [2.45, 2.75) is 64.1 Å². The molecule has 2 atom stereocenters. The van der Waals surface area contributed by atoms with E-state index in [-0.39, 0.29) is 18.1 Å². The fraction of sp³-hybridized carbons (Fsp3) is 0.611. The van der Waals surface area contributed by atoms with Gasteiger partial charge in [0.15, 0.2) is 5.82 Å². The monoisotopic (exact) mass is 343 g/mol. The fourth-order valence-corrected chi connectivity index (χ4v) is 4.01. The van der Waals surface area contributed by atoms with Crippen molar-refractivity contribution in [2.24, 2.45) is 0 Å². The molecule has 1 fully saturated rings. The van der Waals surface area contributed by atoms with Gasteiger partial charge >= 0.3 is 6.03 Å². The number of rotatable bonds is 2. The van der Waals surface area contributed by atoms with Crippen molar-refractivity contribution in [3.8, 4) is 0 Å². The molecule has 0 aliphatic carbocycles. The lowest BCUT2D eigenvalue weighted by Gasteiger charge is -2.32. The summed E-state index contributed by atoms with van der Waals surface area (Å²) < 4.78 is 7.72. The van der Waals surface area contributed by atoms with Crippen molar-refractivity contribution in [1.29, 1.82) is 0 Å². The smallest absolute Gasteiger partial charge is 0.318 e. The molecule has 0 bridgehead atoms. The summed E-state index contributed by atoms with van der Waals surface area (Å²) in [6.07, 6.45) is 7.86. The number of hydrogen-bond acceptors (Lipinski definition) is 4. The molecule has 1 N–H and O–H groups in total. The molecule has 7 nitrogen and oxygen atoms in total. The first-order chi connectivity index (χ1) is 12.2. The summed E-state index contributed by atoms with van der Waals surface area (Å²) in [5.74, 6) is 2.67. The molecule has 7 heteroatoms. The summed E-state index contributed by atoms with van der Waals surface area (Å²) in [6, 6.07) is 3.78. The number of aromatic nitrogens is 3. The van der Waals surface area contributed by atoms with Crippen LogP contribution in [0, 0.1) is 6.92 Å². The SMILES string of the molecule is Cc1nnc2n1CCC[C@H]2NC(=O)N1CCCCC[C@H]1c1ccco1. The minimum atomic E-state index is -0.0667. The molecule has 25 heavy (non-hydrogen) atoms. The molecule has 4 rings (SSSR count). The second-order valence-electron chi connectivity index (χ2n) is 6.98. The molecule has 2 amide bonds. The van der Waals surface area contributed by atoms with Crippen LogP contribution in [0.2, 0.25) is 0 Å². The maximum atomic E-state index is 13.1. The molecule has 1 saturated heterocycles. The Labute approximate surface area is 147 Å². The highest BCUT2D eigenvalue weighted by Crippen LogP contribution is 2.31. The van der Waals surface area contributed by atoms with Crippen LogP contribution in [-0.4, -0.2) is 32.2 Å². The average molecular weight is 343 g/mol. The largest absolute Gasteiger partial charge is 0.467 e. The Hall–Kier alpha value is -2.31. The van der Waals surface area contributed by atoms with Crippen molar-refractivity contribution < 1.29 is 9.21 Å². The fourth-order valence-electron chi connectivity index (χ4n) is 4.01. The van der Waals surface area contributed by atoms with Gasteiger partial charge in [0.1, 0.15) is 11.6 Å². The van der Waals surface area contributed by atoms with Crippen molar-refractivity contribution >= 4 is 6.03 Å². The van der Waals surface area contributed by atoms with E-state index in [1.54, 1.807) is 6.26 Å².